The maximum Gasteiger partial charge on any atom is 0.0649 e. The van der Waals surface area contributed by atoms with Gasteiger partial charge in [-0.05, 0) is 61.8 Å². The standard InChI is InChI=1S/C12H28P.C3H6O2/c1-9(2)13(10(3)4,11(5)6)12(7)8;1-2-3(4)5/h9-12H,1-8H3;2H2,1H3,(H,4,5)/q+1;/p-1. The van der Waals surface area contributed by atoms with Crippen LogP contribution >= 0.6 is 7.26 Å². The minimum atomic E-state index is -0.995. The Morgan fingerprint density at radius 2 is 1.00 bits per heavy atom. The summed E-state index contributed by atoms with van der Waals surface area (Å²) in [5.41, 5.74) is 3.53. The summed E-state index contributed by atoms with van der Waals surface area (Å²) in [7, 11) is -0.784. The molecular formula is C15H33O2P. The fourth-order valence-corrected chi connectivity index (χ4v) is 10.7. The Kier molecular flexibility index (Phi) is 10.0. The second-order valence-electron chi connectivity index (χ2n) is 5.99. The van der Waals surface area contributed by atoms with Crippen molar-refractivity contribution in [3.8, 4) is 0 Å². The molecule has 0 bridgehead atoms. The summed E-state index contributed by atoms with van der Waals surface area (Å²) in [6.07, 6.45) is 0.111. The number of aliphatic carboxylic acids is 1. The van der Waals surface area contributed by atoms with Gasteiger partial charge in [0.1, 0.15) is 0 Å². The van der Waals surface area contributed by atoms with E-state index < -0.39 is 13.2 Å². The van der Waals surface area contributed by atoms with Crippen molar-refractivity contribution >= 4 is 13.2 Å². The SMILES string of the molecule is CC(C)[P+](C(C)C)(C(C)C)C(C)C.CCC(=O)[O-]. The highest BCUT2D eigenvalue weighted by Gasteiger charge is 2.49. The van der Waals surface area contributed by atoms with Gasteiger partial charge in [-0.25, -0.2) is 0 Å². The van der Waals surface area contributed by atoms with Crippen LogP contribution in [0.2, 0.25) is 0 Å². The molecule has 0 saturated heterocycles. The summed E-state index contributed by atoms with van der Waals surface area (Å²) < 4.78 is 0. The molecule has 2 nitrogen and oxygen atoms in total. The lowest BCUT2D eigenvalue weighted by atomic mass is 10.5. The Bertz CT molecular complexity index is 195. The van der Waals surface area contributed by atoms with E-state index in [0.29, 0.717) is 0 Å². The first-order valence-electron chi connectivity index (χ1n) is 7.12. The molecule has 0 N–H and O–H groups in total. The zero-order valence-electron chi connectivity index (χ0n) is 13.8. The maximum atomic E-state index is 9.26. The molecule has 3 heteroatoms. The van der Waals surface area contributed by atoms with E-state index in [1.807, 2.05) is 0 Å². The molecule has 0 aromatic rings. The molecule has 0 spiro atoms. The molecule has 0 amide bonds. The average molecular weight is 276 g/mol. The van der Waals surface area contributed by atoms with E-state index in [4.69, 9.17) is 0 Å². The lowest BCUT2D eigenvalue weighted by Crippen LogP contribution is -2.29. The van der Waals surface area contributed by atoms with Gasteiger partial charge in [0.05, 0.1) is 22.6 Å². The smallest absolute Gasteiger partial charge is 0.0649 e. The van der Waals surface area contributed by atoms with Crippen molar-refractivity contribution in [2.75, 3.05) is 0 Å². The molecule has 0 radical (unpaired) electrons. The molecule has 0 aliphatic carbocycles. The van der Waals surface area contributed by atoms with Crippen molar-refractivity contribution in [1.82, 2.24) is 0 Å². The second-order valence-corrected chi connectivity index (χ2v) is 11.9. The third-order valence-corrected chi connectivity index (χ3v) is 11.0. The zero-order chi connectivity index (χ0) is 15.1. The average Bonchev–Trinajstić information content (AvgIpc) is 2.16. The molecule has 0 heterocycles. The fraction of sp³-hybridized carbons (Fsp3) is 0.933. The molecule has 0 aromatic heterocycles. The molecule has 0 aromatic carbocycles. The second kappa shape index (κ2) is 8.91. The van der Waals surface area contributed by atoms with Gasteiger partial charge in [0.25, 0.3) is 0 Å². The number of carboxylic acid groups (broad SMARTS) is 1. The minimum Gasteiger partial charge on any atom is -0.550 e. The van der Waals surface area contributed by atoms with Crippen molar-refractivity contribution in [2.45, 2.75) is 91.4 Å². The topological polar surface area (TPSA) is 40.1 Å². The summed E-state index contributed by atoms with van der Waals surface area (Å²) in [6.45, 7) is 20.9. The van der Waals surface area contributed by atoms with Gasteiger partial charge in [-0.15, -0.1) is 0 Å². The minimum absolute atomic E-state index is 0.111. The van der Waals surface area contributed by atoms with Gasteiger partial charge in [-0.3, -0.25) is 0 Å². The van der Waals surface area contributed by atoms with Gasteiger partial charge in [-0.2, -0.15) is 0 Å². The zero-order valence-corrected chi connectivity index (χ0v) is 14.7. The van der Waals surface area contributed by atoms with Gasteiger partial charge < -0.3 is 9.90 Å². The Hall–Kier alpha value is -0.100. The summed E-state index contributed by atoms with van der Waals surface area (Å²) in [5, 5.41) is 9.26. The molecule has 0 unspecified atom stereocenters. The summed E-state index contributed by atoms with van der Waals surface area (Å²) in [4.78, 5) is 9.26. The van der Waals surface area contributed by atoms with Crippen LogP contribution < -0.4 is 5.11 Å². The van der Waals surface area contributed by atoms with E-state index in [-0.39, 0.29) is 6.42 Å². The van der Waals surface area contributed by atoms with Gasteiger partial charge in [0.15, 0.2) is 0 Å². The van der Waals surface area contributed by atoms with Crippen LogP contribution in [0, 0.1) is 0 Å². The number of hydrogen-bond donors (Lipinski definition) is 0. The predicted molar refractivity (Wildman–Crippen MR) is 82.8 cm³/mol. The lowest BCUT2D eigenvalue weighted by molar-refractivity contribution is -0.305. The van der Waals surface area contributed by atoms with Crippen molar-refractivity contribution in [2.24, 2.45) is 0 Å². The van der Waals surface area contributed by atoms with Crippen LogP contribution in [0.4, 0.5) is 0 Å². The monoisotopic (exact) mass is 276 g/mol. The number of carbonyl (C=O) groups is 1. The van der Waals surface area contributed by atoms with Gasteiger partial charge in [-0.1, -0.05) is 6.92 Å². The van der Waals surface area contributed by atoms with E-state index in [9.17, 15) is 9.90 Å². The highest BCUT2D eigenvalue weighted by atomic mass is 31.2. The van der Waals surface area contributed by atoms with Crippen molar-refractivity contribution < 1.29 is 9.90 Å². The van der Waals surface area contributed by atoms with Gasteiger partial charge >= 0.3 is 0 Å². The van der Waals surface area contributed by atoms with Crippen LogP contribution in [0.15, 0.2) is 0 Å². The molecule has 0 saturated carbocycles. The molecule has 0 fully saturated rings. The predicted octanol–water partition coefficient (Wildman–Crippen LogP) is 3.78. The number of carboxylic acids is 1. The van der Waals surface area contributed by atoms with E-state index >= 15 is 0 Å². The van der Waals surface area contributed by atoms with Crippen LogP contribution in [0.3, 0.4) is 0 Å². The first-order valence-corrected chi connectivity index (χ1v) is 9.19. The van der Waals surface area contributed by atoms with E-state index in [1.165, 1.54) is 6.92 Å². The molecular weight excluding hydrogens is 243 g/mol. The van der Waals surface area contributed by atoms with Gasteiger partial charge in [0, 0.05) is 13.2 Å². The Morgan fingerprint density at radius 3 is 1.00 bits per heavy atom. The quantitative estimate of drug-likeness (QED) is 0.717. The summed E-state index contributed by atoms with van der Waals surface area (Å²) in [5.74, 6) is -0.995. The fourth-order valence-electron chi connectivity index (χ4n) is 3.58. The number of rotatable bonds is 5. The van der Waals surface area contributed by atoms with Crippen molar-refractivity contribution in [3.63, 3.8) is 0 Å². The first-order chi connectivity index (χ1) is 8.04. The molecule has 0 aliphatic rings. The summed E-state index contributed by atoms with van der Waals surface area (Å²) in [6, 6.07) is 0. The van der Waals surface area contributed by atoms with E-state index in [2.05, 4.69) is 55.4 Å². The maximum absolute atomic E-state index is 9.26. The Balaban J connectivity index is 0. The third-order valence-electron chi connectivity index (χ3n) is 3.87. The lowest BCUT2D eigenvalue weighted by Gasteiger charge is -2.41. The van der Waals surface area contributed by atoms with Crippen molar-refractivity contribution in [1.29, 1.82) is 0 Å². The number of carbonyl (C=O) groups excluding carboxylic acids is 1. The molecule has 110 valence electrons. The number of hydrogen-bond acceptors (Lipinski definition) is 2. The highest BCUT2D eigenvalue weighted by Crippen LogP contribution is 2.73. The highest BCUT2D eigenvalue weighted by molar-refractivity contribution is 7.78. The third kappa shape index (κ3) is 5.26. The summed E-state index contributed by atoms with van der Waals surface area (Å²) >= 11 is 0. The van der Waals surface area contributed by atoms with E-state index in [1.54, 1.807) is 0 Å². The first kappa shape index (κ1) is 20.2. The molecule has 0 atom stereocenters. The Labute approximate surface area is 115 Å². The molecule has 0 rings (SSSR count). The largest absolute Gasteiger partial charge is 0.550 e. The molecule has 18 heavy (non-hydrogen) atoms. The van der Waals surface area contributed by atoms with Crippen LogP contribution in [0.25, 0.3) is 0 Å². The van der Waals surface area contributed by atoms with Gasteiger partial charge in [0.2, 0.25) is 0 Å². The Morgan fingerprint density at radius 1 is 0.833 bits per heavy atom. The van der Waals surface area contributed by atoms with Crippen molar-refractivity contribution in [3.05, 3.63) is 0 Å². The van der Waals surface area contributed by atoms with Crippen LogP contribution in [-0.4, -0.2) is 28.6 Å². The van der Waals surface area contributed by atoms with E-state index in [0.717, 1.165) is 22.6 Å². The normalized spacial score (nSPS) is 12.1. The van der Waals surface area contributed by atoms with Crippen LogP contribution in [-0.2, 0) is 4.79 Å². The van der Waals surface area contributed by atoms with Crippen LogP contribution in [0.5, 0.6) is 0 Å². The molecule has 0 aliphatic heterocycles. The van der Waals surface area contributed by atoms with Crippen LogP contribution in [0.1, 0.15) is 68.7 Å².